The minimum atomic E-state index is -0.719. The zero-order valence-corrected chi connectivity index (χ0v) is 59.2. The second-order valence-electron chi connectivity index (χ2n) is 27.0. The topological polar surface area (TPSA) is 350 Å². The fourth-order valence-corrected chi connectivity index (χ4v) is 9.45. The number of alkyl carbamates (subject to hydrolysis) is 3. The fourth-order valence-electron chi connectivity index (χ4n) is 9.45. The molecule has 11 N–H and O–H groups in total. The zero-order chi connectivity index (χ0) is 74.7. The molecule has 7 aromatic carbocycles. The van der Waals surface area contributed by atoms with Gasteiger partial charge < -0.3 is 61.9 Å². The van der Waals surface area contributed by atoms with Gasteiger partial charge in [0.15, 0.2) is 0 Å². The van der Waals surface area contributed by atoms with E-state index < -0.39 is 71.1 Å². The minimum absolute atomic E-state index is 0.0599. The van der Waals surface area contributed by atoms with Crippen LogP contribution in [0.1, 0.15) is 183 Å². The predicted molar refractivity (Wildman–Crippen MR) is 383 cm³/mol. The summed E-state index contributed by atoms with van der Waals surface area (Å²) in [5.41, 5.74) is 15.0. The van der Waals surface area contributed by atoms with E-state index in [1.54, 1.807) is 123 Å². The van der Waals surface area contributed by atoms with Gasteiger partial charge in [0.1, 0.15) is 22.4 Å². The average molecular weight is 1390 g/mol. The lowest BCUT2D eigenvalue weighted by atomic mass is 10.1. The molecular formula is C77H95N9O15. The van der Waals surface area contributed by atoms with Crippen LogP contribution in [0.15, 0.2) is 200 Å². The van der Waals surface area contributed by atoms with Crippen molar-refractivity contribution in [2.75, 3.05) is 32.7 Å². The molecule has 3 aliphatic heterocycles. The van der Waals surface area contributed by atoms with Crippen LogP contribution in [0.25, 0.3) is 0 Å². The van der Waals surface area contributed by atoms with Crippen molar-refractivity contribution in [3.05, 3.63) is 250 Å². The third-order valence-electron chi connectivity index (χ3n) is 14.1. The second kappa shape index (κ2) is 38.0. The molecule has 0 spiro atoms. The highest BCUT2D eigenvalue weighted by Crippen LogP contribution is 2.32. The number of imide groups is 3. The number of carbonyl (C=O) groups is 9. The quantitative estimate of drug-likeness (QED) is 0.0382. The number of nitrogens with two attached hydrogens (primary N) is 2. The Morgan fingerprint density at radius 2 is 0.792 bits per heavy atom. The van der Waals surface area contributed by atoms with Crippen LogP contribution in [-0.2, 0) is 18.9 Å². The standard InChI is InChI=1S/C21H22N2O4.C14H18N2O3.C13H20N2O2.C13H19NO3.C8H5NO2.C8H11NO/c1-21(2,3)27-20(26)22-13-17(14-9-5-4-6-10-14)23-18(24)15-11-7-8-12-16(15)19(23)25;1-14(2,3)19-13(18)16-9-11(15-12(16)17)10-7-5-4-6-8-10;1-13(2,3)17-12(16)15-9-11(14)10-7-5-4-6-8-10;1-13(2,3)17-12(16)14-9-11(15)10-7-5-4-6-8-10;10-7-5-3-1-2-4-6(5)8(11)9-7;9-6-8(10)7-4-2-1-3-5-7/h4-12,17H,13H2,1-3H3,(H,22,26);4-8,11H,9H2,1-3H3,(H,15,17);4-8,11H,9,14H2,1-3H3,(H,15,16);4-8,11,15H,9H2,1-3H3,(H,14,16);1-4H,(H,9,10,11);1-5,8,10H,6,9H2. The van der Waals surface area contributed by atoms with E-state index >= 15 is 0 Å². The van der Waals surface area contributed by atoms with E-state index in [4.69, 9.17) is 30.4 Å². The molecule has 10 rings (SSSR count). The highest BCUT2D eigenvalue weighted by atomic mass is 16.6. The summed E-state index contributed by atoms with van der Waals surface area (Å²) in [5, 5.41) is 31.8. The monoisotopic (exact) mass is 1390 g/mol. The Kier molecular flexibility index (Phi) is 30.4. The third-order valence-corrected chi connectivity index (χ3v) is 14.1. The smallest absolute Gasteiger partial charge is 0.418 e. The van der Waals surface area contributed by atoms with Gasteiger partial charge in [0, 0.05) is 25.7 Å². The van der Waals surface area contributed by atoms with Gasteiger partial charge in [0.05, 0.1) is 59.6 Å². The maximum atomic E-state index is 12.9. The molecule has 24 heteroatoms. The molecule has 24 nitrogen and oxygen atoms in total. The van der Waals surface area contributed by atoms with Crippen molar-refractivity contribution in [2.24, 2.45) is 11.5 Å². The lowest BCUT2D eigenvalue weighted by Crippen LogP contribution is -2.42. The summed E-state index contributed by atoms with van der Waals surface area (Å²) < 4.78 is 20.6. The molecule has 1 fully saturated rings. The number of fused-ring (bicyclic) bond motifs is 2. The van der Waals surface area contributed by atoms with Crippen molar-refractivity contribution < 1.29 is 72.3 Å². The first kappa shape index (κ1) is 80.9. The van der Waals surface area contributed by atoms with E-state index in [-0.39, 0.29) is 61.9 Å². The Hall–Kier alpha value is -10.8. The summed E-state index contributed by atoms with van der Waals surface area (Å²) in [4.78, 5) is 108. The van der Waals surface area contributed by atoms with Crippen molar-refractivity contribution in [1.82, 2.24) is 36.4 Å². The molecule has 3 aliphatic rings. The Morgan fingerprint density at radius 1 is 0.455 bits per heavy atom. The molecule has 538 valence electrons. The normalized spacial score (nSPS) is 14.8. The molecule has 7 aromatic rings. The van der Waals surface area contributed by atoms with Crippen LogP contribution in [0.2, 0.25) is 0 Å². The Labute approximate surface area is 590 Å². The first-order valence-corrected chi connectivity index (χ1v) is 32.7. The SMILES string of the molecule is CC(C)(C)OC(=O)N1CC(c2ccccc2)NC1=O.CC(C)(C)OC(=O)NCC(N)c1ccccc1.CC(C)(C)OC(=O)NCC(O)c1ccccc1.CC(C)(C)OC(=O)NCC(c1ccccc1)N1C(=O)c2ccccc2C1=O.NCC(O)c1ccccc1.O=C1NC(=O)c2ccccc21. The highest BCUT2D eigenvalue weighted by molar-refractivity contribution is 6.22. The van der Waals surface area contributed by atoms with E-state index in [0.717, 1.165) is 32.7 Å². The largest absolute Gasteiger partial charge is 0.444 e. The number of aliphatic hydroxyl groups excluding tert-OH is 2. The van der Waals surface area contributed by atoms with Crippen molar-refractivity contribution in [1.29, 1.82) is 0 Å². The number of hydrogen-bond acceptors (Lipinski definition) is 17. The lowest BCUT2D eigenvalue weighted by Gasteiger charge is -2.27. The van der Waals surface area contributed by atoms with Gasteiger partial charge in [-0.2, -0.15) is 0 Å². The van der Waals surface area contributed by atoms with Crippen molar-refractivity contribution in [3.8, 4) is 0 Å². The van der Waals surface area contributed by atoms with Gasteiger partial charge in [0.25, 0.3) is 23.6 Å². The lowest BCUT2D eigenvalue weighted by molar-refractivity contribution is 0.0346. The molecule has 101 heavy (non-hydrogen) atoms. The maximum absolute atomic E-state index is 12.9. The highest BCUT2D eigenvalue weighted by Gasteiger charge is 2.41. The Balaban J connectivity index is 0.000000225. The molecule has 0 radical (unpaired) electrons. The third kappa shape index (κ3) is 27.8. The molecule has 5 atom stereocenters. The predicted octanol–water partition coefficient (Wildman–Crippen LogP) is 11.9. The molecular weight excluding hydrogens is 1290 g/mol. The molecule has 10 amide bonds. The number of rotatable bonds is 13. The molecule has 1 saturated heterocycles. The number of urea groups is 1. The summed E-state index contributed by atoms with van der Waals surface area (Å²) in [6, 6.07) is 58.9. The van der Waals surface area contributed by atoms with Gasteiger partial charge >= 0.3 is 30.4 Å². The molecule has 0 aliphatic carbocycles. The summed E-state index contributed by atoms with van der Waals surface area (Å²) in [6.45, 7) is 22.6. The Bertz CT molecular complexity index is 3700. The second-order valence-corrected chi connectivity index (χ2v) is 27.0. The molecule has 3 heterocycles. The summed E-state index contributed by atoms with van der Waals surface area (Å²) >= 11 is 0. The van der Waals surface area contributed by atoms with Crippen molar-refractivity contribution >= 4 is 54.0 Å². The summed E-state index contributed by atoms with van der Waals surface area (Å²) in [5.74, 6) is -1.33. The van der Waals surface area contributed by atoms with Gasteiger partial charge in [-0.05, 0) is 135 Å². The maximum Gasteiger partial charge on any atom is 0.418 e. The first-order chi connectivity index (χ1) is 47.5. The van der Waals surface area contributed by atoms with Gasteiger partial charge in [-0.15, -0.1) is 0 Å². The molecule has 0 aromatic heterocycles. The van der Waals surface area contributed by atoms with E-state index in [2.05, 4.69) is 26.6 Å². The average Bonchev–Trinajstić information content (AvgIpc) is 1.62. The van der Waals surface area contributed by atoms with Crippen LogP contribution in [0.4, 0.5) is 24.0 Å². The van der Waals surface area contributed by atoms with Crippen molar-refractivity contribution in [2.45, 2.75) is 136 Å². The number of aliphatic hydroxyl groups is 2. The fraction of sp³-hybridized carbons (Fsp3) is 0.338. The van der Waals surface area contributed by atoms with Gasteiger partial charge in [-0.3, -0.25) is 29.4 Å². The first-order valence-electron chi connectivity index (χ1n) is 32.7. The summed E-state index contributed by atoms with van der Waals surface area (Å²) in [7, 11) is 0. The number of nitrogens with one attached hydrogen (secondary N) is 5. The number of hydrogen-bond donors (Lipinski definition) is 9. The van der Waals surface area contributed by atoms with Crippen LogP contribution < -0.4 is 38.1 Å². The Morgan fingerprint density at radius 3 is 1.19 bits per heavy atom. The van der Waals surface area contributed by atoms with E-state index in [9.17, 15) is 53.4 Å². The molecule has 0 bridgehead atoms. The van der Waals surface area contributed by atoms with Gasteiger partial charge in [-0.1, -0.05) is 176 Å². The number of benzene rings is 7. The van der Waals surface area contributed by atoms with Crippen LogP contribution in [0.5, 0.6) is 0 Å². The van der Waals surface area contributed by atoms with Crippen molar-refractivity contribution in [3.63, 3.8) is 0 Å². The van der Waals surface area contributed by atoms with E-state index in [0.29, 0.717) is 28.8 Å². The minimum Gasteiger partial charge on any atom is -0.444 e. The number of nitrogens with zero attached hydrogens (tertiary/aromatic N) is 2. The molecule has 5 unspecified atom stereocenters. The number of ether oxygens (including phenoxy) is 4. The summed E-state index contributed by atoms with van der Waals surface area (Å²) in [6.07, 6.45) is -3.40. The van der Waals surface area contributed by atoms with Gasteiger partial charge in [0.2, 0.25) is 0 Å². The molecule has 0 saturated carbocycles. The van der Waals surface area contributed by atoms with Gasteiger partial charge in [-0.25, -0.2) is 28.9 Å². The zero-order valence-electron chi connectivity index (χ0n) is 59.2. The van der Waals surface area contributed by atoms with E-state index in [1.165, 1.54) is 4.90 Å². The number of amides is 10. The van der Waals surface area contributed by atoms with Crippen LogP contribution in [0.3, 0.4) is 0 Å². The van der Waals surface area contributed by atoms with Crippen LogP contribution in [0, 0.1) is 0 Å². The van der Waals surface area contributed by atoms with E-state index in [1.807, 2.05) is 160 Å². The van der Waals surface area contributed by atoms with Crippen LogP contribution in [-0.4, -0.2) is 129 Å². The number of carbonyl (C=O) groups excluding carboxylic acids is 9. The van der Waals surface area contributed by atoms with Crippen LogP contribution >= 0.6 is 0 Å².